The third kappa shape index (κ3) is 3.96. The molecule has 0 unspecified atom stereocenters. The van der Waals surface area contributed by atoms with E-state index in [1.165, 1.54) is 0 Å². The number of halogens is 1. The molecule has 0 heterocycles. The van der Waals surface area contributed by atoms with Crippen LogP contribution in [0.4, 0.5) is 0 Å². The van der Waals surface area contributed by atoms with Crippen LogP contribution in [0.2, 0.25) is 0 Å². The fourth-order valence-electron chi connectivity index (χ4n) is 2.14. The van der Waals surface area contributed by atoms with Gasteiger partial charge in [-0.25, -0.2) is 0 Å². The summed E-state index contributed by atoms with van der Waals surface area (Å²) in [5, 5.41) is 9.56. The lowest BCUT2D eigenvalue weighted by Gasteiger charge is -2.13. The molecule has 0 radical (unpaired) electrons. The summed E-state index contributed by atoms with van der Waals surface area (Å²) < 4.78 is 17.1. The van der Waals surface area contributed by atoms with Crippen molar-refractivity contribution in [2.24, 2.45) is 0 Å². The first kappa shape index (κ1) is 17.2. The molecule has 2 aromatic carbocycles. The first-order valence-corrected chi connectivity index (χ1v) is 7.88. The van der Waals surface area contributed by atoms with E-state index in [4.69, 9.17) is 14.2 Å². The molecule has 0 saturated heterocycles. The summed E-state index contributed by atoms with van der Waals surface area (Å²) >= 11 is 2.24. The number of nitriles is 1. The summed E-state index contributed by atoms with van der Waals surface area (Å²) in [5.74, 6) is 1.66. The van der Waals surface area contributed by atoms with Crippen molar-refractivity contribution in [3.8, 4) is 23.3 Å². The van der Waals surface area contributed by atoms with Crippen LogP contribution >= 0.6 is 22.6 Å². The topological polar surface area (TPSA) is 51.5 Å². The highest BCUT2D eigenvalue weighted by molar-refractivity contribution is 14.1. The van der Waals surface area contributed by atoms with Gasteiger partial charge in [0.1, 0.15) is 5.75 Å². The fourth-order valence-corrected chi connectivity index (χ4v) is 2.50. The number of allylic oxidation sites excluding steroid dienone is 1. The zero-order valence-electron chi connectivity index (χ0n) is 13.1. The molecule has 0 amide bonds. The van der Waals surface area contributed by atoms with Gasteiger partial charge in [-0.15, -0.1) is 0 Å². The number of nitrogens with zero attached hydrogens (tertiary/aromatic N) is 1. The predicted molar refractivity (Wildman–Crippen MR) is 98.7 cm³/mol. The van der Waals surface area contributed by atoms with Crippen LogP contribution in [0.15, 0.2) is 36.4 Å². The second kappa shape index (κ2) is 7.88. The quantitative estimate of drug-likeness (QED) is 0.409. The lowest BCUT2D eigenvalue weighted by Crippen LogP contribution is -1.96. The van der Waals surface area contributed by atoms with Crippen molar-refractivity contribution < 1.29 is 14.2 Å². The molecule has 0 aromatic heterocycles. The molecule has 0 saturated carbocycles. The van der Waals surface area contributed by atoms with E-state index >= 15 is 0 Å². The van der Waals surface area contributed by atoms with Crippen LogP contribution in [0, 0.1) is 14.9 Å². The zero-order chi connectivity index (χ0) is 16.8. The molecule has 118 valence electrons. The highest BCUT2D eigenvalue weighted by Crippen LogP contribution is 2.38. The maximum Gasteiger partial charge on any atom is 0.164 e. The number of hydrogen-bond donors (Lipinski definition) is 0. The smallest absolute Gasteiger partial charge is 0.164 e. The summed E-state index contributed by atoms with van der Waals surface area (Å²) in [6.07, 6.45) is 1.82. The Balaban J connectivity index is 2.56. The number of rotatable bonds is 5. The molecule has 23 heavy (non-hydrogen) atoms. The summed E-state index contributed by atoms with van der Waals surface area (Å²) in [4.78, 5) is 0. The monoisotopic (exact) mass is 421 g/mol. The van der Waals surface area contributed by atoms with Crippen LogP contribution < -0.4 is 14.2 Å². The summed E-state index contributed by atoms with van der Waals surface area (Å²) in [7, 11) is 4.68. The Morgan fingerprint density at radius 2 is 1.52 bits per heavy atom. The van der Waals surface area contributed by atoms with Gasteiger partial charge in [0.15, 0.2) is 11.5 Å². The fraction of sp³-hybridized carbons (Fsp3) is 0.167. The molecule has 0 bridgehead atoms. The van der Waals surface area contributed by atoms with Gasteiger partial charge in [0.2, 0.25) is 0 Å². The Hall–Kier alpha value is -2.20. The van der Waals surface area contributed by atoms with Crippen LogP contribution in [0.25, 0.3) is 11.6 Å². The molecule has 2 rings (SSSR count). The maximum absolute atomic E-state index is 9.56. The molecule has 0 spiro atoms. The minimum Gasteiger partial charge on any atom is -0.496 e. The molecule has 0 atom stereocenters. The van der Waals surface area contributed by atoms with Crippen molar-refractivity contribution in [2.75, 3.05) is 21.3 Å². The summed E-state index contributed by atoms with van der Waals surface area (Å²) in [5.41, 5.74) is 2.09. The van der Waals surface area contributed by atoms with E-state index in [1.807, 2.05) is 30.3 Å². The van der Waals surface area contributed by atoms with Gasteiger partial charge in [0, 0.05) is 15.2 Å². The second-order valence-corrected chi connectivity index (χ2v) is 5.87. The van der Waals surface area contributed by atoms with Crippen molar-refractivity contribution in [3.63, 3.8) is 0 Å². The van der Waals surface area contributed by atoms with Gasteiger partial charge in [-0.3, -0.25) is 0 Å². The van der Waals surface area contributed by atoms with Gasteiger partial charge in [-0.1, -0.05) is 12.1 Å². The van der Waals surface area contributed by atoms with Gasteiger partial charge >= 0.3 is 0 Å². The molecule has 0 aliphatic rings. The Bertz CT molecular complexity index is 761. The third-order valence-electron chi connectivity index (χ3n) is 3.30. The van der Waals surface area contributed by atoms with Gasteiger partial charge in [0.05, 0.1) is 33.0 Å². The molecule has 5 heteroatoms. The molecule has 2 aromatic rings. The SMILES string of the molecule is COc1cc(OC)c(C(C#N)=Cc2ccc(I)cc2)cc1OC. The number of hydrogen-bond acceptors (Lipinski definition) is 4. The van der Waals surface area contributed by atoms with Crippen LogP contribution in [-0.2, 0) is 0 Å². The van der Waals surface area contributed by atoms with E-state index in [2.05, 4.69) is 28.7 Å². The minimum atomic E-state index is 0.490. The zero-order valence-corrected chi connectivity index (χ0v) is 15.2. The summed E-state index contributed by atoms with van der Waals surface area (Å²) in [6.45, 7) is 0. The third-order valence-corrected chi connectivity index (χ3v) is 4.02. The van der Waals surface area contributed by atoms with Gasteiger partial charge < -0.3 is 14.2 Å². The van der Waals surface area contributed by atoms with Crippen LogP contribution in [0.1, 0.15) is 11.1 Å². The highest BCUT2D eigenvalue weighted by atomic mass is 127. The largest absolute Gasteiger partial charge is 0.496 e. The van der Waals surface area contributed by atoms with E-state index in [9.17, 15) is 5.26 Å². The van der Waals surface area contributed by atoms with Crippen molar-refractivity contribution in [3.05, 3.63) is 51.1 Å². The van der Waals surface area contributed by atoms with Crippen LogP contribution in [-0.4, -0.2) is 21.3 Å². The molecule has 0 aliphatic heterocycles. The van der Waals surface area contributed by atoms with E-state index < -0.39 is 0 Å². The lowest BCUT2D eigenvalue weighted by molar-refractivity contribution is 0.348. The van der Waals surface area contributed by atoms with Gasteiger partial charge in [-0.2, -0.15) is 5.26 Å². The molecule has 4 nitrogen and oxygen atoms in total. The standard InChI is InChI=1S/C18H16INO3/c1-21-16-10-18(23-3)17(22-2)9-15(16)13(11-20)8-12-4-6-14(19)7-5-12/h4-10H,1-3H3. The molecule has 0 fully saturated rings. The average Bonchev–Trinajstić information content (AvgIpc) is 2.60. The summed E-state index contributed by atoms with van der Waals surface area (Å²) in [6, 6.07) is 13.6. The Morgan fingerprint density at radius 3 is 2.04 bits per heavy atom. The van der Waals surface area contributed by atoms with Crippen LogP contribution in [0.5, 0.6) is 17.2 Å². The van der Waals surface area contributed by atoms with Gasteiger partial charge in [0.25, 0.3) is 0 Å². The number of benzene rings is 2. The van der Waals surface area contributed by atoms with Crippen molar-refractivity contribution in [1.29, 1.82) is 5.26 Å². The van der Waals surface area contributed by atoms with Crippen molar-refractivity contribution in [1.82, 2.24) is 0 Å². The van der Waals surface area contributed by atoms with E-state index in [0.29, 0.717) is 28.4 Å². The molecular formula is C18H16INO3. The number of ether oxygens (including phenoxy) is 3. The van der Waals surface area contributed by atoms with E-state index in [-0.39, 0.29) is 0 Å². The maximum atomic E-state index is 9.56. The predicted octanol–water partition coefficient (Wildman–Crippen LogP) is 4.38. The molecule has 0 aliphatic carbocycles. The minimum absolute atomic E-state index is 0.490. The van der Waals surface area contributed by atoms with Gasteiger partial charge in [-0.05, 0) is 52.4 Å². The normalized spacial score (nSPS) is 10.8. The first-order valence-electron chi connectivity index (χ1n) is 6.80. The Morgan fingerprint density at radius 1 is 0.957 bits per heavy atom. The average molecular weight is 421 g/mol. The van der Waals surface area contributed by atoms with E-state index in [0.717, 1.165) is 9.13 Å². The molecule has 0 N–H and O–H groups in total. The molecular weight excluding hydrogens is 405 g/mol. The van der Waals surface area contributed by atoms with Crippen molar-refractivity contribution in [2.45, 2.75) is 0 Å². The Kier molecular flexibility index (Phi) is 5.88. The second-order valence-electron chi connectivity index (χ2n) is 4.63. The highest BCUT2D eigenvalue weighted by Gasteiger charge is 2.15. The number of methoxy groups -OCH3 is 3. The van der Waals surface area contributed by atoms with Crippen molar-refractivity contribution >= 4 is 34.2 Å². The first-order chi connectivity index (χ1) is 11.1. The lowest BCUT2D eigenvalue weighted by atomic mass is 10.0. The van der Waals surface area contributed by atoms with Crippen LogP contribution in [0.3, 0.4) is 0 Å². The van der Waals surface area contributed by atoms with E-state index in [1.54, 1.807) is 33.5 Å². The Labute approximate surface area is 149 Å².